The first-order valence-electron chi connectivity index (χ1n) is 10.1. The van der Waals surface area contributed by atoms with Crippen LogP contribution in [0, 0.1) is 0 Å². The number of carbonyl (C=O) groups is 2. The number of methoxy groups -OCH3 is 1. The molecule has 2 aromatic heterocycles. The van der Waals surface area contributed by atoms with E-state index in [1.54, 1.807) is 55.9 Å². The molecular formula is C23H22BrN5O4. The van der Waals surface area contributed by atoms with Crippen LogP contribution in [0.3, 0.4) is 0 Å². The number of aromatic nitrogens is 5. The summed E-state index contributed by atoms with van der Waals surface area (Å²) in [7, 11) is 1.33. The Labute approximate surface area is 198 Å². The number of rotatable bonds is 4. The highest BCUT2D eigenvalue weighted by Gasteiger charge is 2.24. The van der Waals surface area contributed by atoms with Gasteiger partial charge < -0.3 is 9.47 Å². The third-order valence-corrected chi connectivity index (χ3v) is 5.40. The summed E-state index contributed by atoms with van der Waals surface area (Å²) in [4.78, 5) is 24.5. The highest BCUT2D eigenvalue weighted by molar-refractivity contribution is 9.08. The Morgan fingerprint density at radius 1 is 1.09 bits per heavy atom. The second-order valence-electron chi connectivity index (χ2n) is 8.31. The van der Waals surface area contributed by atoms with Gasteiger partial charge in [-0.2, -0.15) is 9.78 Å². The molecule has 33 heavy (non-hydrogen) atoms. The zero-order chi connectivity index (χ0) is 23.8. The van der Waals surface area contributed by atoms with Crippen molar-refractivity contribution in [1.82, 2.24) is 24.8 Å². The Balaban J connectivity index is 1.76. The molecule has 9 nitrogen and oxygen atoms in total. The van der Waals surface area contributed by atoms with Crippen molar-refractivity contribution in [3.63, 3.8) is 0 Å². The summed E-state index contributed by atoms with van der Waals surface area (Å²) >= 11 is 3.47. The van der Waals surface area contributed by atoms with Crippen LogP contribution >= 0.6 is 15.9 Å². The van der Waals surface area contributed by atoms with Gasteiger partial charge in [-0.05, 0) is 62.7 Å². The van der Waals surface area contributed by atoms with E-state index in [4.69, 9.17) is 9.47 Å². The number of carbonyl (C=O) groups excluding carboxylic acids is 2. The lowest BCUT2D eigenvalue weighted by atomic mass is 10.1. The Morgan fingerprint density at radius 2 is 1.82 bits per heavy atom. The van der Waals surface area contributed by atoms with Crippen molar-refractivity contribution in [1.29, 1.82) is 0 Å². The fourth-order valence-corrected chi connectivity index (χ4v) is 3.60. The number of halogens is 1. The lowest BCUT2D eigenvalue weighted by Gasteiger charge is -2.19. The molecule has 0 saturated heterocycles. The van der Waals surface area contributed by atoms with Gasteiger partial charge >= 0.3 is 12.1 Å². The molecule has 0 radical (unpaired) electrons. The number of alkyl halides is 1. The van der Waals surface area contributed by atoms with Crippen LogP contribution in [0.4, 0.5) is 4.79 Å². The molecule has 0 aliphatic rings. The zero-order valence-electron chi connectivity index (χ0n) is 18.6. The summed E-state index contributed by atoms with van der Waals surface area (Å²) in [5.74, 6) is -0.414. The summed E-state index contributed by atoms with van der Waals surface area (Å²) < 4.78 is 13.1. The largest absolute Gasteiger partial charge is 0.465 e. The molecule has 2 aromatic carbocycles. The van der Waals surface area contributed by atoms with Crippen LogP contribution in [0.25, 0.3) is 28.0 Å². The fraction of sp³-hybridized carbons (Fsp3) is 0.261. The number of hydrogen-bond donors (Lipinski definition) is 0. The molecule has 0 N–H and O–H groups in total. The first-order chi connectivity index (χ1) is 15.7. The van der Waals surface area contributed by atoms with E-state index in [0.29, 0.717) is 33.5 Å². The second kappa shape index (κ2) is 8.78. The van der Waals surface area contributed by atoms with Crippen LogP contribution in [0.15, 0.2) is 48.7 Å². The van der Waals surface area contributed by atoms with E-state index in [9.17, 15) is 9.59 Å². The minimum atomic E-state index is -0.662. The van der Waals surface area contributed by atoms with Gasteiger partial charge in [0, 0.05) is 10.7 Å². The predicted octanol–water partition coefficient (Wildman–Crippen LogP) is 4.75. The number of fused-ring (bicyclic) bond motifs is 1. The SMILES string of the molecule is COC(=O)c1ccc(-n2cc(-c3nn(C(=O)OC(C)(C)C)c4ccc(CBr)cc34)nn2)cc1. The molecule has 0 atom stereocenters. The second-order valence-corrected chi connectivity index (χ2v) is 8.87. The van der Waals surface area contributed by atoms with E-state index >= 15 is 0 Å². The highest BCUT2D eigenvalue weighted by atomic mass is 79.9. The topological polar surface area (TPSA) is 101 Å². The minimum absolute atomic E-state index is 0.414. The third kappa shape index (κ3) is 4.65. The predicted molar refractivity (Wildman–Crippen MR) is 126 cm³/mol. The molecule has 0 aliphatic carbocycles. The lowest BCUT2D eigenvalue weighted by Crippen LogP contribution is -2.27. The van der Waals surface area contributed by atoms with E-state index in [0.717, 1.165) is 10.9 Å². The molecule has 0 fully saturated rings. The quantitative estimate of drug-likeness (QED) is 0.287. The molecule has 0 saturated carbocycles. The van der Waals surface area contributed by atoms with Crippen molar-refractivity contribution >= 4 is 38.9 Å². The first-order valence-corrected chi connectivity index (χ1v) is 11.2. The van der Waals surface area contributed by atoms with Crippen molar-refractivity contribution in [3.05, 3.63) is 59.8 Å². The number of benzene rings is 2. The average Bonchev–Trinajstić information content (AvgIpc) is 3.42. The van der Waals surface area contributed by atoms with Crippen molar-refractivity contribution < 1.29 is 19.1 Å². The number of nitrogens with zero attached hydrogens (tertiary/aromatic N) is 5. The number of ether oxygens (including phenoxy) is 2. The van der Waals surface area contributed by atoms with Gasteiger partial charge in [-0.1, -0.05) is 27.2 Å². The van der Waals surface area contributed by atoms with Crippen molar-refractivity contribution in [2.75, 3.05) is 7.11 Å². The fourth-order valence-electron chi connectivity index (χ4n) is 3.25. The summed E-state index contributed by atoms with van der Waals surface area (Å²) in [6.07, 6.45) is 1.14. The maximum atomic E-state index is 12.8. The number of esters is 1. The van der Waals surface area contributed by atoms with E-state index in [1.165, 1.54) is 11.8 Å². The van der Waals surface area contributed by atoms with E-state index < -0.39 is 17.7 Å². The van der Waals surface area contributed by atoms with E-state index in [2.05, 4.69) is 31.3 Å². The summed E-state index contributed by atoms with van der Waals surface area (Å²) in [5.41, 5.74) is 3.12. The van der Waals surface area contributed by atoms with Crippen LogP contribution in [-0.2, 0) is 14.8 Å². The lowest BCUT2D eigenvalue weighted by molar-refractivity contribution is 0.0522. The molecule has 0 unspecified atom stereocenters. The molecule has 0 amide bonds. The van der Waals surface area contributed by atoms with E-state index in [1.807, 2.05) is 18.2 Å². The van der Waals surface area contributed by atoms with Crippen LogP contribution in [0.5, 0.6) is 0 Å². The van der Waals surface area contributed by atoms with Gasteiger partial charge in [0.15, 0.2) is 0 Å². The number of hydrogen-bond acceptors (Lipinski definition) is 7. The van der Waals surface area contributed by atoms with Crippen LogP contribution < -0.4 is 0 Å². The first kappa shape index (κ1) is 22.7. The summed E-state index contributed by atoms with van der Waals surface area (Å²) in [6, 6.07) is 12.5. The molecule has 4 rings (SSSR count). The van der Waals surface area contributed by atoms with Crippen molar-refractivity contribution in [3.8, 4) is 17.1 Å². The third-order valence-electron chi connectivity index (χ3n) is 4.75. The molecule has 2 heterocycles. The Kier molecular flexibility index (Phi) is 6.03. The molecule has 4 aromatic rings. The van der Waals surface area contributed by atoms with Crippen molar-refractivity contribution in [2.24, 2.45) is 0 Å². The minimum Gasteiger partial charge on any atom is -0.465 e. The molecule has 0 aliphatic heterocycles. The highest BCUT2D eigenvalue weighted by Crippen LogP contribution is 2.29. The summed E-state index contributed by atoms with van der Waals surface area (Å²) in [6.45, 7) is 5.41. The Hall–Kier alpha value is -3.53. The maximum Gasteiger partial charge on any atom is 0.435 e. The Morgan fingerprint density at radius 3 is 2.45 bits per heavy atom. The van der Waals surface area contributed by atoms with Crippen LogP contribution in [0.1, 0.15) is 36.7 Å². The van der Waals surface area contributed by atoms with Gasteiger partial charge in [-0.15, -0.1) is 5.10 Å². The Bertz CT molecular complexity index is 1340. The molecule has 10 heteroatoms. The van der Waals surface area contributed by atoms with Gasteiger partial charge in [0.05, 0.1) is 30.1 Å². The normalized spacial score (nSPS) is 11.5. The molecule has 0 spiro atoms. The van der Waals surface area contributed by atoms with Gasteiger partial charge in [-0.25, -0.2) is 14.3 Å². The maximum absolute atomic E-state index is 12.8. The molecule has 170 valence electrons. The zero-order valence-corrected chi connectivity index (χ0v) is 20.2. The molecule has 0 bridgehead atoms. The van der Waals surface area contributed by atoms with Crippen molar-refractivity contribution in [2.45, 2.75) is 31.7 Å². The molecular weight excluding hydrogens is 490 g/mol. The monoisotopic (exact) mass is 511 g/mol. The van der Waals surface area contributed by atoms with Gasteiger partial charge in [0.2, 0.25) is 0 Å². The smallest absolute Gasteiger partial charge is 0.435 e. The van der Waals surface area contributed by atoms with Gasteiger partial charge in [0.1, 0.15) is 17.0 Å². The summed E-state index contributed by atoms with van der Waals surface area (Å²) in [5, 5.41) is 14.4. The van der Waals surface area contributed by atoms with Gasteiger partial charge in [0.25, 0.3) is 0 Å². The van der Waals surface area contributed by atoms with E-state index in [-0.39, 0.29) is 0 Å². The standard InChI is InChI=1S/C23H22BrN5O4/c1-23(2,3)33-22(31)29-19-10-5-14(12-24)11-17(19)20(26-29)18-13-28(27-25-18)16-8-6-15(7-9-16)21(30)32-4/h5-11,13H,12H2,1-4H3. The van der Waals surface area contributed by atoms with Crippen LogP contribution in [0.2, 0.25) is 0 Å². The van der Waals surface area contributed by atoms with Crippen LogP contribution in [-0.4, -0.2) is 49.5 Å². The average molecular weight is 512 g/mol. The van der Waals surface area contributed by atoms with Gasteiger partial charge in [-0.3, -0.25) is 0 Å².